The molecule has 0 aliphatic heterocycles. The van der Waals surface area contributed by atoms with Crippen molar-refractivity contribution in [1.29, 1.82) is 0 Å². The van der Waals surface area contributed by atoms with Gasteiger partial charge in [0.2, 0.25) is 0 Å². The largest absolute Gasteiger partial charge is 0.399 e. The molecular weight excluding hydrogens is 301 g/mol. The molecule has 2 N–H and O–H groups in total. The lowest BCUT2D eigenvalue weighted by Gasteiger charge is -2.09. The fourth-order valence-corrected chi connectivity index (χ4v) is 3.86. The summed E-state index contributed by atoms with van der Waals surface area (Å²) in [6.07, 6.45) is 0. The predicted molar refractivity (Wildman–Crippen MR) is 82.2 cm³/mol. The molecule has 0 saturated carbocycles. The first-order valence-electron chi connectivity index (χ1n) is 5.66. The minimum Gasteiger partial charge on any atom is -0.399 e. The topological polar surface area (TPSA) is 43.1 Å². The predicted octanol–water partition coefficient (Wildman–Crippen LogP) is 4.19. The smallest absolute Gasteiger partial charge is 0.0577 e. The Balaban J connectivity index is 2.31. The van der Waals surface area contributed by atoms with E-state index in [2.05, 4.69) is 0 Å². The highest BCUT2D eigenvalue weighted by atomic mass is 35.5. The summed E-state index contributed by atoms with van der Waals surface area (Å²) in [6.45, 7) is 1.89. The van der Waals surface area contributed by atoms with Crippen LogP contribution in [0.4, 0.5) is 5.69 Å². The van der Waals surface area contributed by atoms with Gasteiger partial charge in [0.05, 0.1) is 16.6 Å². The number of nitrogen functional groups attached to an aromatic ring is 1. The second-order valence-corrected chi connectivity index (χ2v) is 6.45. The highest BCUT2D eigenvalue weighted by Crippen LogP contribution is 2.28. The third kappa shape index (κ3) is 3.30. The van der Waals surface area contributed by atoms with Crippen LogP contribution in [0.15, 0.2) is 41.3 Å². The van der Waals surface area contributed by atoms with E-state index in [4.69, 9.17) is 28.9 Å². The molecule has 0 saturated heterocycles. The van der Waals surface area contributed by atoms with Crippen LogP contribution >= 0.6 is 23.2 Å². The molecule has 19 heavy (non-hydrogen) atoms. The molecule has 2 aromatic carbocycles. The number of anilines is 1. The van der Waals surface area contributed by atoms with Gasteiger partial charge < -0.3 is 5.73 Å². The van der Waals surface area contributed by atoms with Gasteiger partial charge in [0.1, 0.15) is 0 Å². The molecule has 0 aliphatic carbocycles. The summed E-state index contributed by atoms with van der Waals surface area (Å²) in [6, 6.07) is 10.6. The van der Waals surface area contributed by atoms with Crippen molar-refractivity contribution in [3.63, 3.8) is 0 Å². The fraction of sp³-hybridized carbons (Fsp3) is 0.143. The number of aryl methyl sites for hydroxylation is 1. The van der Waals surface area contributed by atoms with Crippen molar-refractivity contribution in [3.05, 3.63) is 57.6 Å². The standard InChI is InChI=1S/C14H13Cl2NOS/c1-9-7-10(17)5-6-14(9)19(18)8-11-12(15)3-2-4-13(11)16/h2-7H,8,17H2,1H3. The SMILES string of the molecule is Cc1cc(N)ccc1S(=O)Cc1c(Cl)cccc1Cl. The van der Waals surface area contributed by atoms with Crippen LogP contribution in [0.25, 0.3) is 0 Å². The summed E-state index contributed by atoms with van der Waals surface area (Å²) in [5, 5.41) is 1.07. The maximum absolute atomic E-state index is 12.4. The molecule has 0 bridgehead atoms. The summed E-state index contributed by atoms with van der Waals surface area (Å²) in [7, 11) is -1.20. The molecule has 1 atom stereocenters. The van der Waals surface area contributed by atoms with Crippen molar-refractivity contribution in [1.82, 2.24) is 0 Å². The van der Waals surface area contributed by atoms with Crippen LogP contribution in [0.3, 0.4) is 0 Å². The van der Waals surface area contributed by atoms with Crippen molar-refractivity contribution in [2.75, 3.05) is 5.73 Å². The van der Waals surface area contributed by atoms with Gasteiger partial charge in [0, 0.05) is 26.2 Å². The molecule has 0 fully saturated rings. The molecule has 5 heteroatoms. The Morgan fingerprint density at radius 2 is 1.79 bits per heavy atom. The zero-order valence-corrected chi connectivity index (χ0v) is 12.6. The fourth-order valence-electron chi connectivity index (χ4n) is 1.81. The summed E-state index contributed by atoms with van der Waals surface area (Å²) < 4.78 is 12.4. The van der Waals surface area contributed by atoms with Gasteiger partial charge in [-0.15, -0.1) is 0 Å². The molecule has 0 amide bonds. The first-order valence-corrected chi connectivity index (χ1v) is 7.74. The average molecular weight is 314 g/mol. The Kier molecular flexibility index (Phi) is 4.50. The minimum absolute atomic E-state index is 0.295. The van der Waals surface area contributed by atoms with Gasteiger partial charge >= 0.3 is 0 Å². The van der Waals surface area contributed by atoms with Gasteiger partial charge in [-0.25, -0.2) is 0 Å². The van der Waals surface area contributed by atoms with E-state index in [0.717, 1.165) is 10.5 Å². The van der Waals surface area contributed by atoms with Crippen LogP contribution in [0.2, 0.25) is 10.0 Å². The molecule has 0 aliphatic rings. The molecule has 2 nitrogen and oxygen atoms in total. The maximum Gasteiger partial charge on any atom is 0.0577 e. The normalized spacial score (nSPS) is 12.4. The highest BCUT2D eigenvalue weighted by Gasteiger charge is 2.13. The zero-order valence-electron chi connectivity index (χ0n) is 10.3. The van der Waals surface area contributed by atoms with Gasteiger partial charge in [-0.3, -0.25) is 4.21 Å². The van der Waals surface area contributed by atoms with Gasteiger partial charge in [0.25, 0.3) is 0 Å². The van der Waals surface area contributed by atoms with Crippen LogP contribution < -0.4 is 5.73 Å². The van der Waals surface area contributed by atoms with Crippen molar-refractivity contribution < 1.29 is 4.21 Å². The second kappa shape index (κ2) is 5.95. The van der Waals surface area contributed by atoms with E-state index in [-0.39, 0.29) is 0 Å². The highest BCUT2D eigenvalue weighted by molar-refractivity contribution is 7.84. The minimum atomic E-state index is -1.20. The Labute approximate surface area is 125 Å². The van der Waals surface area contributed by atoms with Crippen LogP contribution in [0.5, 0.6) is 0 Å². The van der Waals surface area contributed by atoms with E-state index in [1.807, 2.05) is 6.92 Å². The number of rotatable bonds is 3. The molecule has 2 rings (SSSR count). The average Bonchev–Trinajstić information content (AvgIpc) is 2.33. The number of halogens is 2. The van der Waals surface area contributed by atoms with E-state index in [9.17, 15) is 4.21 Å². The van der Waals surface area contributed by atoms with Crippen molar-refractivity contribution in [2.24, 2.45) is 0 Å². The lowest BCUT2D eigenvalue weighted by atomic mass is 10.2. The van der Waals surface area contributed by atoms with E-state index in [1.165, 1.54) is 0 Å². The monoisotopic (exact) mass is 313 g/mol. The summed E-state index contributed by atoms with van der Waals surface area (Å²) in [5.41, 5.74) is 7.96. The zero-order chi connectivity index (χ0) is 14.0. The van der Waals surface area contributed by atoms with E-state index < -0.39 is 10.8 Å². The molecule has 0 aromatic heterocycles. The lowest BCUT2D eigenvalue weighted by Crippen LogP contribution is -2.01. The molecule has 1 unspecified atom stereocenters. The third-order valence-corrected chi connectivity index (χ3v) is 4.99. The van der Waals surface area contributed by atoms with Crippen LogP contribution in [-0.4, -0.2) is 4.21 Å². The first-order chi connectivity index (χ1) is 8.99. The van der Waals surface area contributed by atoms with Gasteiger partial charge in [-0.2, -0.15) is 0 Å². The number of nitrogens with two attached hydrogens (primary N) is 1. The van der Waals surface area contributed by atoms with Crippen LogP contribution in [-0.2, 0) is 16.6 Å². The van der Waals surface area contributed by atoms with Crippen molar-refractivity contribution >= 4 is 39.7 Å². The third-order valence-electron chi connectivity index (χ3n) is 2.78. The number of benzene rings is 2. The Hall–Kier alpha value is -1.03. The summed E-state index contributed by atoms with van der Waals surface area (Å²) >= 11 is 12.2. The lowest BCUT2D eigenvalue weighted by molar-refractivity contribution is 0.682. The van der Waals surface area contributed by atoms with Crippen LogP contribution in [0.1, 0.15) is 11.1 Å². The van der Waals surface area contributed by atoms with E-state index >= 15 is 0 Å². The Morgan fingerprint density at radius 3 is 2.37 bits per heavy atom. The summed E-state index contributed by atoms with van der Waals surface area (Å²) in [4.78, 5) is 0.755. The second-order valence-electron chi connectivity index (χ2n) is 4.22. The first kappa shape index (κ1) is 14.4. The van der Waals surface area contributed by atoms with E-state index in [1.54, 1.807) is 36.4 Å². The number of hydrogen-bond donors (Lipinski definition) is 1. The van der Waals surface area contributed by atoms with Crippen LogP contribution in [0, 0.1) is 6.92 Å². The van der Waals surface area contributed by atoms with Crippen molar-refractivity contribution in [3.8, 4) is 0 Å². The van der Waals surface area contributed by atoms with Crippen molar-refractivity contribution in [2.45, 2.75) is 17.6 Å². The Bertz CT molecular complexity index is 623. The van der Waals surface area contributed by atoms with Gasteiger partial charge in [-0.05, 0) is 42.8 Å². The molecule has 2 aromatic rings. The van der Waals surface area contributed by atoms with Gasteiger partial charge in [-0.1, -0.05) is 29.3 Å². The maximum atomic E-state index is 12.4. The summed E-state index contributed by atoms with van der Waals surface area (Å²) in [5.74, 6) is 0.295. The molecule has 0 radical (unpaired) electrons. The quantitative estimate of drug-likeness (QED) is 0.863. The number of hydrogen-bond acceptors (Lipinski definition) is 2. The molecule has 0 heterocycles. The van der Waals surface area contributed by atoms with E-state index in [0.29, 0.717) is 27.0 Å². The molecule has 100 valence electrons. The Morgan fingerprint density at radius 1 is 1.16 bits per heavy atom. The molecule has 0 spiro atoms. The molecular formula is C14H13Cl2NOS. The van der Waals surface area contributed by atoms with Gasteiger partial charge in [0.15, 0.2) is 0 Å².